The van der Waals surface area contributed by atoms with Gasteiger partial charge in [-0.05, 0) is 42.9 Å². The molecular weight excluding hydrogens is 266 g/mol. The Labute approximate surface area is 125 Å². The number of ether oxygens (including phenoxy) is 1. The number of methoxy groups -OCH3 is 1. The van der Waals surface area contributed by atoms with Gasteiger partial charge >= 0.3 is 0 Å². The number of amides is 1. The normalized spacial score (nSPS) is 31.9. The quantitative estimate of drug-likeness (QED) is 0.907. The van der Waals surface area contributed by atoms with Gasteiger partial charge in [0, 0.05) is 25.9 Å². The van der Waals surface area contributed by atoms with Crippen molar-refractivity contribution in [2.75, 3.05) is 20.2 Å². The van der Waals surface area contributed by atoms with Gasteiger partial charge in [0.2, 0.25) is 5.91 Å². The summed E-state index contributed by atoms with van der Waals surface area (Å²) >= 11 is 0. The van der Waals surface area contributed by atoms with Gasteiger partial charge in [-0.1, -0.05) is 12.1 Å². The SMILES string of the molecule is COc1cccc([C@]2(O)CCC[C@@H]3CN(C(C)=O)C[C@H]32)c1. The molecule has 4 nitrogen and oxygen atoms in total. The number of rotatable bonds is 2. The van der Waals surface area contributed by atoms with E-state index in [9.17, 15) is 9.90 Å². The van der Waals surface area contributed by atoms with Crippen molar-refractivity contribution < 1.29 is 14.6 Å². The second kappa shape index (κ2) is 5.34. The lowest BCUT2D eigenvalue weighted by Crippen LogP contribution is -2.42. The monoisotopic (exact) mass is 289 g/mol. The first-order valence-corrected chi connectivity index (χ1v) is 7.67. The fourth-order valence-corrected chi connectivity index (χ4v) is 4.03. The van der Waals surface area contributed by atoms with Crippen LogP contribution in [-0.4, -0.2) is 36.1 Å². The zero-order valence-corrected chi connectivity index (χ0v) is 12.7. The van der Waals surface area contributed by atoms with E-state index in [1.165, 1.54) is 0 Å². The van der Waals surface area contributed by atoms with Crippen LogP contribution in [0.25, 0.3) is 0 Å². The van der Waals surface area contributed by atoms with Crippen LogP contribution in [0.3, 0.4) is 0 Å². The molecule has 0 unspecified atom stereocenters. The highest BCUT2D eigenvalue weighted by Gasteiger charge is 2.50. The Kier molecular flexibility index (Phi) is 3.66. The first-order chi connectivity index (χ1) is 10.0. The lowest BCUT2D eigenvalue weighted by molar-refractivity contribution is -0.128. The summed E-state index contributed by atoms with van der Waals surface area (Å²) < 4.78 is 5.29. The standard InChI is InChI=1S/C17H23NO3/c1-12(19)18-10-13-5-4-8-17(20,16(13)11-18)14-6-3-7-15(9-14)21-2/h3,6-7,9,13,16,20H,4-5,8,10-11H2,1-2H3/t13-,16-,17-/m1/s1. The van der Waals surface area contributed by atoms with Crippen molar-refractivity contribution in [3.8, 4) is 5.75 Å². The van der Waals surface area contributed by atoms with Crippen LogP contribution >= 0.6 is 0 Å². The van der Waals surface area contributed by atoms with Crippen LogP contribution < -0.4 is 4.74 Å². The molecule has 1 aliphatic heterocycles. The number of nitrogens with zero attached hydrogens (tertiary/aromatic N) is 1. The van der Waals surface area contributed by atoms with Gasteiger partial charge in [-0.15, -0.1) is 0 Å². The van der Waals surface area contributed by atoms with Gasteiger partial charge in [-0.2, -0.15) is 0 Å². The van der Waals surface area contributed by atoms with Crippen LogP contribution in [-0.2, 0) is 10.4 Å². The van der Waals surface area contributed by atoms with Crippen molar-refractivity contribution in [1.29, 1.82) is 0 Å². The van der Waals surface area contributed by atoms with Gasteiger partial charge in [-0.3, -0.25) is 4.79 Å². The minimum absolute atomic E-state index is 0.109. The fraction of sp³-hybridized carbons (Fsp3) is 0.588. The molecule has 1 amide bonds. The summed E-state index contributed by atoms with van der Waals surface area (Å²) in [5, 5.41) is 11.3. The molecule has 114 valence electrons. The third kappa shape index (κ3) is 2.42. The predicted molar refractivity (Wildman–Crippen MR) is 80.0 cm³/mol. The lowest BCUT2D eigenvalue weighted by Gasteiger charge is -2.41. The second-order valence-electron chi connectivity index (χ2n) is 6.34. The molecule has 21 heavy (non-hydrogen) atoms. The van der Waals surface area contributed by atoms with Crippen LogP contribution in [0.5, 0.6) is 5.75 Å². The minimum atomic E-state index is -0.846. The second-order valence-corrected chi connectivity index (χ2v) is 6.34. The van der Waals surface area contributed by atoms with Gasteiger partial charge in [0.1, 0.15) is 5.75 Å². The smallest absolute Gasteiger partial charge is 0.219 e. The summed E-state index contributed by atoms with van der Waals surface area (Å²) in [6, 6.07) is 7.72. The maximum absolute atomic E-state index is 11.7. The molecule has 2 fully saturated rings. The fourth-order valence-electron chi connectivity index (χ4n) is 4.03. The molecule has 0 radical (unpaired) electrons. The number of likely N-dealkylation sites (tertiary alicyclic amines) is 1. The summed E-state index contributed by atoms with van der Waals surface area (Å²) in [5.41, 5.74) is 0.0729. The minimum Gasteiger partial charge on any atom is -0.497 e. The van der Waals surface area contributed by atoms with Crippen LogP contribution in [0.15, 0.2) is 24.3 Å². The van der Waals surface area contributed by atoms with Crippen LogP contribution in [0.1, 0.15) is 31.7 Å². The largest absolute Gasteiger partial charge is 0.497 e. The van der Waals surface area contributed by atoms with Crippen LogP contribution in [0.4, 0.5) is 0 Å². The lowest BCUT2D eigenvalue weighted by atomic mass is 9.67. The van der Waals surface area contributed by atoms with Crippen molar-refractivity contribution in [1.82, 2.24) is 4.90 Å². The highest BCUT2D eigenvalue weighted by atomic mass is 16.5. The van der Waals surface area contributed by atoms with E-state index in [0.717, 1.165) is 37.1 Å². The van der Waals surface area contributed by atoms with Crippen molar-refractivity contribution in [3.63, 3.8) is 0 Å². The van der Waals surface area contributed by atoms with Gasteiger partial charge in [0.05, 0.1) is 12.7 Å². The molecule has 0 bridgehead atoms. The molecule has 4 heteroatoms. The van der Waals surface area contributed by atoms with E-state index in [2.05, 4.69) is 0 Å². The van der Waals surface area contributed by atoms with E-state index < -0.39 is 5.60 Å². The zero-order chi connectivity index (χ0) is 15.0. The molecule has 3 atom stereocenters. The number of carbonyl (C=O) groups is 1. The Balaban J connectivity index is 1.93. The molecule has 3 rings (SSSR count). The molecule has 0 spiro atoms. The third-order valence-corrected chi connectivity index (χ3v) is 5.20. The van der Waals surface area contributed by atoms with E-state index in [4.69, 9.17) is 4.74 Å². The van der Waals surface area contributed by atoms with Crippen LogP contribution in [0.2, 0.25) is 0 Å². The Bertz CT molecular complexity index is 545. The van der Waals surface area contributed by atoms with Gasteiger partial charge in [0.15, 0.2) is 0 Å². The molecule has 1 saturated carbocycles. The maximum Gasteiger partial charge on any atom is 0.219 e. The molecular formula is C17H23NO3. The van der Waals surface area contributed by atoms with E-state index in [1.807, 2.05) is 29.2 Å². The first kappa shape index (κ1) is 14.4. The Hall–Kier alpha value is -1.55. The number of hydrogen-bond acceptors (Lipinski definition) is 3. The zero-order valence-electron chi connectivity index (χ0n) is 12.7. The third-order valence-electron chi connectivity index (χ3n) is 5.20. The molecule has 1 aromatic carbocycles. The molecule has 1 N–H and O–H groups in total. The van der Waals surface area contributed by atoms with E-state index >= 15 is 0 Å². The van der Waals surface area contributed by atoms with Crippen molar-refractivity contribution in [2.24, 2.45) is 11.8 Å². The van der Waals surface area contributed by atoms with E-state index in [1.54, 1.807) is 14.0 Å². The highest BCUT2D eigenvalue weighted by Crippen LogP contribution is 2.48. The summed E-state index contributed by atoms with van der Waals surface area (Å²) in [6.45, 7) is 3.06. The van der Waals surface area contributed by atoms with Crippen molar-refractivity contribution >= 4 is 5.91 Å². The first-order valence-electron chi connectivity index (χ1n) is 7.67. The molecule has 1 aliphatic carbocycles. The van der Waals surface area contributed by atoms with Crippen molar-refractivity contribution in [3.05, 3.63) is 29.8 Å². The van der Waals surface area contributed by atoms with Crippen molar-refractivity contribution in [2.45, 2.75) is 31.8 Å². The Morgan fingerprint density at radius 2 is 2.24 bits per heavy atom. The van der Waals surface area contributed by atoms with Gasteiger partial charge in [-0.25, -0.2) is 0 Å². The number of benzene rings is 1. The van der Waals surface area contributed by atoms with Gasteiger partial charge < -0.3 is 14.7 Å². The Morgan fingerprint density at radius 1 is 1.43 bits per heavy atom. The topological polar surface area (TPSA) is 49.8 Å². The van der Waals surface area contributed by atoms with Crippen LogP contribution in [0, 0.1) is 11.8 Å². The average Bonchev–Trinajstić information content (AvgIpc) is 2.93. The molecule has 2 aliphatic rings. The molecule has 1 heterocycles. The average molecular weight is 289 g/mol. The maximum atomic E-state index is 11.7. The molecule has 1 saturated heterocycles. The summed E-state index contributed by atoms with van der Waals surface area (Å²) in [7, 11) is 1.64. The summed E-state index contributed by atoms with van der Waals surface area (Å²) in [5.74, 6) is 1.41. The summed E-state index contributed by atoms with van der Waals surface area (Å²) in [6.07, 6.45) is 2.86. The number of carbonyl (C=O) groups excluding carboxylic acids is 1. The van der Waals surface area contributed by atoms with E-state index in [0.29, 0.717) is 12.5 Å². The van der Waals surface area contributed by atoms with E-state index in [-0.39, 0.29) is 11.8 Å². The summed E-state index contributed by atoms with van der Waals surface area (Å²) in [4.78, 5) is 13.5. The molecule has 0 aromatic heterocycles. The number of hydrogen-bond donors (Lipinski definition) is 1. The highest BCUT2D eigenvalue weighted by molar-refractivity contribution is 5.73. The number of fused-ring (bicyclic) bond motifs is 1. The van der Waals surface area contributed by atoms with Gasteiger partial charge in [0.25, 0.3) is 0 Å². The Morgan fingerprint density at radius 3 is 2.95 bits per heavy atom. The molecule has 1 aromatic rings. The predicted octanol–water partition coefficient (Wildman–Crippen LogP) is 2.16. The number of aliphatic hydroxyl groups is 1.